The van der Waals surface area contributed by atoms with E-state index in [1.807, 2.05) is 62.4 Å². The maximum atomic E-state index is 11.9. The SMILES string of the molecule is CC(C)NC(=O)c1ccc(CSc2ccc(-c3ccccc3)nn2)o1. The molecule has 0 fully saturated rings. The van der Waals surface area contributed by atoms with Crippen LogP contribution in [0.4, 0.5) is 0 Å². The summed E-state index contributed by atoms with van der Waals surface area (Å²) in [5, 5.41) is 12.1. The van der Waals surface area contributed by atoms with Gasteiger partial charge in [0, 0.05) is 11.6 Å². The summed E-state index contributed by atoms with van der Waals surface area (Å²) < 4.78 is 5.58. The summed E-state index contributed by atoms with van der Waals surface area (Å²) in [7, 11) is 0. The van der Waals surface area contributed by atoms with Crippen LogP contribution >= 0.6 is 11.8 Å². The molecule has 1 N–H and O–H groups in total. The molecular formula is C19H19N3O2S. The van der Waals surface area contributed by atoms with E-state index in [4.69, 9.17) is 4.42 Å². The zero-order valence-corrected chi connectivity index (χ0v) is 14.9. The molecule has 0 spiro atoms. The lowest BCUT2D eigenvalue weighted by atomic mass is 10.1. The molecule has 1 amide bonds. The predicted molar refractivity (Wildman–Crippen MR) is 98.3 cm³/mol. The van der Waals surface area contributed by atoms with Crippen molar-refractivity contribution in [2.75, 3.05) is 0 Å². The van der Waals surface area contributed by atoms with Crippen molar-refractivity contribution < 1.29 is 9.21 Å². The van der Waals surface area contributed by atoms with Crippen LogP contribution in [0.2, 0.25) is 0 Å². The lowest BCUT2D eigenvalue weighted by molar-refractivity contribution is 0.0914. The third-order valence-electron chi connectivity index (χ3n) is 3.38. The Bertz CT molecular complexity index is 829. The van der Waals surface area contributed by atoms with Gasteiger partial charge in [-0.2, -0.15) is 0 Å². The van der Waals surface area contributed by atoms with Gasteiger partial charge in [-0.3, -0.25) is 4.79 Å². The molecule has 2 aromatic heterocycles. The third kappa shape index (κ3) is 4.70. The highest BCUT2D eigenvalue weighted by Gasteiger charge is 2.12. The number of nitrogens with one attached hydrogen (secondary N) is 1. The molecule has 0 atom stereocenters. The van der Waals surface area contributed by atoms with Gasteiger partial charge in [0.1, 0.15) is 10.8 Å². The molecule has 0 aliphatic rings. The number of nitrogens with zero attached hydrogens (tertiary/aromatic N) is 2. The number of carbonyl (C=O) groups excluding carboxylic acids is 1. The Kier molecular flexibility index (Phi) is 5.50. The molecule has 3 rings (SSSR count). The molecule has 0 bridgehead atoms. The van der Waals surface area contributed by atoms with Crippen molar-refractivity contribution >= 4 is 17.7 Å². The van der Waals surface area contributed by atoms with Gasteiger partial charge >= 0.3 is 0 Å². The minimum absolute atomic E-state index is 0.0776. The molecule has 0 aliphatic carbocycles. The number of amides is 1. The first-order valence-electron chi connectivity index (χ1n) is 8.03. The lowest BCUT2D eigenvalue weighted by Crippen LogP contribution is -2.29. The van der Waals surface area contributed by atoms with Crippen molar-refractivity contribution in [2.45, 2.75) is 30.7 Å². The molecule has 5 nitrogen and oxygen atoms in total. The van der Waals surface area contributed by atoms with Gasteiger partial charge in [-0.1, -0.05) is 42.1 Å². The third-order valence-corrected chi connectivity index (χ3v) is 4.32. The average Bonchev–Trinajstić information content (AvgIpc) is 3.10. The molecule has 3 aromatic rings. The molecule has 0 aliphatic heterocycles. The normalized spacial score (nSPS) is 10.8. The molecule has 0 radical (unpaired) electrons. The summed E-state index contributed by atoms with van der Waals surface area (Å²) >= 11 is 1.52. The van der Waals surface area contributed by atoms with Crippen LogP contribution in [0.15, 0.2) is 64.0 Å². The van der Waals surface area contributed by atoms with Gasteiger partial charge < -0.3 is 9.73 Å². The largest absolute Gasteiger partial charge is 0.455 e. The van der Waals surface area contributed by atoms with Gasteiger partial charge in [-0.25, -0.2) is 0 Å². The molecular weight excluding hydrogens is 334 g/mol. The first-order chi connectivity index (χ1) is 12.1. The highest BCUT2D eigenvalue weighted by atomic mass is 32.2. The van der Waals surface area contributed by atoms with Crippen LogP contribution in [0.3, 0.4) is 0 Å². The van der Waals surface area contributed by atoms with Crippen LogP contribution in [0, 0.1) is 0 Å². The van der Waals surface area contributed by atoms with E-state index < -0.39 is 0 Å². The Morgan fingerprint density at radius 3 is 2.56 bits per heavy atom. The van der Waals surface area contributed by atoms with Crippen molar-refractivity contribution in [2.24, 2.45) is 0 Å². The molecule has 2 heterocycles. The van der Waals surface area contributed by atoms with E-state index in [9.17, 15) is 4.79 Å². The first kappa shape index (κ1) is 17.2. The first-order valence-corrected chi connectivity index (χ1v) is 9.02. The summed E-state index contributed by atoms with van der Waals surface area (Å²) in [4.78, 5) is 11.9. The van der Waals surface area contributed by atoms with E-state index in [0.717, 1.165) is 22.0 Å². The van der Waals surface area contributed by atoms with Crippen LogP contribution in [0.1, 0.15) is 30.2 Å². The van der Waals surface area contributed by atoms with Crippen LogP contribution in [-0.2, 0) is 5.75 Å². The predicted octanol–water partition coefficient (Wildman–Crippen LogP) is 4.17. The van der Waals surface area contributed by atoms with E-state index in [-0.39, 0.29) is 11.9 Å². The monoisotopic (exact) mass is 353 g/mol. The number of rotatable bonds is 6. The Balaban J connectivity index is 1.59. The van der Waals surface area contributed by atoms with E-state index in [0.29, 0.717) is 11.5 Å². The quantitative estimate of drug-likeness (QED) is 0.674. The fourth-order valence-corrected chi connectivity index (χ4v) is 2.92. The fourth-order valence-electron chi connectivity index (χ4n) is 2.22. The molecule has 0 saturated heterocycles. The highest BCUT2D eigenvalue weighted by Crippen LogP contribution is 2.23. The van der Waals surface area contributed by atoms with Crippen molar-refractivity contribution in [3.05, 3.63) is 66.1 Å². The fraction of sp³-hybridized carbons (Fsp3) is 0.211. The topological polar surface area (TPSA) is 68.0 Å². The Morgan fingerprint density at radius 1 is 1.08 bits per heavy atom. The Hall–Kier alpha value is -2.60. The molecule has 1 aromatic carbocycles. The lowest BCUT2D eigenvalue weighted by Gasteiger charge is -2.05. The van der Waals surface area contributed by atoms with Crippen molar-refractivity contribution in [1.82, 2.24) is 15.5 Å². The summed E-state index contributed by atoms with van der Waals surface area (Å²) in [5.41, 5.74) is 1.88. The van der Waals surface area contributed by atoms with Gasteiger partial charge in [-0.05, 0) is 38.1 Å². The number of hydrogen-bond donors (Lipinski definition) is 1. The Morgan fingerprint density at radius 2 is 1.88 bits per heavy atom. The zero-order chi connectivity index (χ0) is 17.6. The molecule has 6 heteroatoms. The molecule has 0 saturated carbocycles. The van der Waals surface area contributed by atoms with Crippen LogP contribution < -0.4 is 5.32 Å². The summed E-state index contributed by atoms with van der Waals surface area (Å²) in [5.74, 6) is 1.45. The second kappa shape index (κ2) is 7.98. The van der Waals surface area contributed by atoms with Gasteiger partial charge in [-0.15, -0.1) is 10.2 Å². The van der Waals surface area contributed by atoms with E-state index in [1.165, 1.54) is 11.8 Å². The Labute approximate surface area is 150 Å². The maximum absolute atomic E-state index is 11.9. The van der Waals surface area contributed by atoms with Gasteiger partial charge in [0.15, 0.2) is 5.76 Å². The number of carbonyl (C=O) groups is 1. The zero-order valence-electron chi connectivity index (χ0n) is 14.1. The average molecular weight is 353 g/mol. The number of furan rings is 1. The van der Waals surface area contributed by atoms with Gasteiger partial charge in [0.2, 0.25) is 0 Å². The van der Waals surface area contributed by atoms with Crippen LogP contribution in [0.5, 0.6) is 0 Å². The molecule has 128 valence electrons. The number of aromatic nitrogens is 2. The standard InChI is InChI=1S/C19H19N3O2S/c1-13(2)20-19(23)17-10-8-15(24-17)12-25-18-11-9-16(21-22-18)14-6-4-3-5-7-14/h3-11,13H,12H2,1-2H3,(H,20,23). The van der Waals surface area contributed by atoms with Gasteiger partial charge in [0.25, 0.3) is 5.91 Å². The van der Waals surface area contributed by atoms with Crippen LogP contribution in [-0.4, -0.2) is 22.1 Å². The minimum atomic E-state index is -0.196. The van der Waals surface area contributed by atoms with E-state index in [2.05, 4.69) is 15.5 Å². The smallest absolute Gasteiger partial charge is 0.287 e. The van der Waals surface area contributed by atoms with Gasteiger partial charge in [0.05, 0.1) is 11.4 Å². The summed E-state index contributed by atoms with van der Waals surface area (Å²) in [6.07, 6.45) is 0. The van der Waals surface area contributed by atoms with E-state index in [1.54, 1.807) is 6.07 Å². The van der Waals surface area contributed by atoms with Crippen LogP contribution in [0.25, 0.3) is 11.3 Å². The number of thioether (sulfide) groups is 1. The second-order valence-corrected chi connectivity index (χ2v) is 6.80. The second-order valence-electron chi connectivity index (χ2n) is 5.81. The maximum Gasteiger partial charge on any atom is 0.287 e. The number of hydrogen-bond acceptors (Lipinski definition) is 5. The molecule has 25 heavy (non-hydrogen) atoms. The minimum Gasteiger partial charge on any atom is -0.455 e. The van der Waals surface area contributed by atoms with Crippen molar-refractivity contribution in [3.63, 3.8) is 0 Å². The summed E-state index contributed by atoms with van der Waals surface area (Å²) in [6.45, 7) is 3.82. The molecule has 0 unspecified atom stereocenters. The van der Waals surface area contributed by atoms with E-state index >= 15 is 0 Å². The van der Waals surface area contributed by atoms with Crippen molar-refractivity contribution in [1.29, 1.82) is 0 Å². The van der Waals surface area contributed by atoms with Crippen molar-refractivity contribution in [3.8, 4) is 11.3 Å². The summed E-state index contributed by atoms with van der Waals surface area (Å²) in [6, 6.07) is 17.4. The highest BCUT2D eigenvalue weighted by molar-refractivity contribution is 7.98. The number of benzene rings is 1.